The molecule has 2 rings (SSSR count). The number of hydrogen-bond donors (Lipinski definition) is 2. The Kier molecular flexibility index (Phi) is 4.52. The van der Waals surface area contributed by atoms with Crippen LogP contribution in [0.2, 0.25) is 0 Å². The van der Waals surface area contributed by atoms with E-state index in [1.165, 1.54) is 16.2 Å². The molecule has 1 aliphatic rings. The zero-order valence-corrected chi connectivity index (χ0v) is 12.5. The molecule has 0 aliphatic carbocycles. The first kappa shape index (κ1) is 13.7. The number of thiophene rings is 1. The number of carbonyl (C=O) groups is 2. The lowest BCUT2D eigenvalue weighted by molar-refractivity contribution is 0.0940. The van der Waals surface area contributed by atoms with Crippen molar-refractivity contribution in [3.63, 3.8) is 0 Å². The van der Waals surface area contributed by atoms with Crippen LogP contribution >= 0.6 is 39.0 Å². The van der Waals surface area contributed by atoms with Crippen LogP contribution < -0.4 is 5.32 Å². The van der Waals surface area contributed by atoms with Gasteiger partial charge in [-0.2, -0.15) is 0 Å². The summed E-state index contributed by atoms with van der Waals surface area (Å²) in [5, 5.41) is 13.6. The molecule has 0 radical (unpaired) electrons. The zero-order valence-electron chi connectivity index (χ0n) is 9.26. The highest BCUT2D eigenvalue weighted by atomic mass is 79.9. The van der Waals surface area contributed by atoms with Crippen LogP contribution in [-0.2, 0) is 0 Å². The van der Waals surface area contributed by atoms with E-state index >= 15 is 0 Å². The van der Waals surface area contributed by atoms with Crippen molar-refractivity contribution in [1.82, 2.24) is 10.2 Å². The van der Waals surface area contributed by atoms with Gasteiger partial charge in [-0.3, -0.25) is 9.69 Å². The van der Waals surface area contributed by atoms with E-state index in [0.717, 1.165) is 10.2 Å². The largest absolute Gasteiger partial charge is 0.465 e. The predicted molar refractivity (Wildman–Crippen MR) is 75.3 cm³/mol. The molecule has 1 atom stereocenters. The number of carbonyl (C=O) groups excluding carboxylic acids is 1. The number of nitrogens with one attached hydrogen (secondary N) is 1. The minimum absolute atomic E-state index is 0.139. The van der Waals surface area contributed by atoms with Crippen LogP contribution in [0, 0.1) is 0 Å². The third-order valence-electron chi connectivity index (χ3n) is 2.52. The number of halogens is 1. The highest BCUT2D eigenvalue weighted by Gasteiger charge is 2.29. The number of rotatable bonds is 3. The minimum Gasteiger partial charge on any atom is -0.465 e. The van der Waals surface area contributed by atoms with Gasteiger partial charge in [0.05, 0.1) is 16.8 Å². The van der Waals surface area contributed by atoms with Gasteiger partial charge in [0, 0.05) is 22.2 Å². The quantitative estimate of drug-likeness (QED) is 0.877. The molecule has 0 saturated carbocycles. The smallest absolute Gasteiger partial charge is 0.408 e. The monoisotopic (exact) mass is 350 g/mol. The van der Waals surface area contributed by atoms with Crippen LogP contribution in [-0.4, -0.2) is 46.2 Å². The van der Waals surface area contributed by atoms with Crippen molar-refractivity contribution < 1.29 is 14.7 Å². The predicted octanol–water partition coefficient (Wildman–Crippen LogP) is 2.29. The average Bonchev–Trinajstić information content (AvgIpc) is 2.94. The van der Waals surface area contributed by atoms with E-state index in [1.807, 2.05) is 5.38 Å². The number of hydrogen-bond acceptors (Lipinski definition) is 4. The molecule has 2 amide bonds. The first-order valence-corrected chi connectivity index (χ1v) is 8.00. The molecule has 1 aromatic rings. The summed E-state index contributed by atoms with van der Waals surface area (Å²) >= 11 is 6.20. The van der Waals surface area contributed by atoms with Gasteiger partial charge in [0.15, 0.2) is 0 Å². The molecule has 8 heteroatoms. The van der Waals surface area contributed by atoms with Crippen LogP contribution in [0.25, 0.3) is 0 Å². The SMILES string of the molecule is O=C(NCC1CSCN1C(=O)O)c1cc(Br)cs1. The summed E-state index contributed by atoms with van der Waals surface area (Å²) < 4.78 is 0.876. The molecule has 1 unspecified atom stereocenters. The summed E-state index contributed by atoms with van der Waals surface area (Å²) in [4.78, 5) is 24.7. The van der Waals surface area contributed by atoms with Gasteiger partial charge in [-0.05, 0) is 22.0 Å². The van der Waals surface area contributed by atoms with Gasteiger partial charge in [-0.15, -0.1) is 23.1 Å². The maximum absolute atomic E-state index is 11.8. The van der Waals surface area contributed by atoms with E-state index in [4.69, 9.17) is 5.11 Å². The summed E-state index contributed by atoms with van der Waals surface area (Å²) in [7, 11) is 0. The second-order valence-electron chi connectivity index (χ2n) is 3.75. The molecule has 1 aliphatic heterocycles. The zero-order chi connectivity index (χ0) is 13.1. The minimum atomic E-state index is -0.932. The maximum atomic E-state index is 11.8. The molecule has 1 aromatic heterocycles. The second-order valence-corrected chi connectivity index (χ2v) is 6.57. The lowest BCUT2D eigenvalue weighted by atomic mass is 10.3. The molecule has 0 aromatic carbocycles. The molecule has 1 fully saturated rings. The molecule has 2 N–H and O–H groups in total. The van der Waals surface area contributed by atoms with Gasteiger partial charge in [-0.1, -0.05) is 0 Å². The highest BCUT2D eigenvalue weighted by Crippen LogP contribution is 2.21. The number of nitrogens with zero attached hydrogens (tertiary/aromatic N) is 1. The van der Waals surface area contributed by atoms with E-state index in [9.17, 15) is 9.59 Å². The van der Waals surface area contributed by atoms with Crippen molar-refractivity contribution in [2.45, 2.75) is 6.04 Å². The molecular formula is C10H11BrN2O3S2. The Hall–Kier alpha value is -0.730. The highest BCUT2D eigenvalue weighted by molar-refractivity contribution is 9.10. The molecule has 98 valence electrons. The second kappa shape index (κ2) is 5.94. The average molecular weight is 351 g/mol. The van der Waals surface area contributed by atoms with Gasteiger partial charge < -0.3 is 10.4 Å². The molecule has 18 heavy (non-hydrogen) atoms. The van der Waals surface area contributed by atoms with Crippen LogP contribution in [0.3, 0.4) is 0 Å². The van der Waals surface area contributed by atoms with E-state index in [0.29, 0.717) is 17.3 Å². The number of thioether (sulfide) groups is 1. The van der Waals surface area contributed by atoms with Crippen LogP contribution in [0.5, 0.6) is 0 Å². The Labute approximate surface area is 121 Å². The Balaban J connectivity index is 1.88. The van der Waals surface area contributed by atoms with Crippen molar-refractivity contribution in [2.24, 2.45) is 0 Å². The first-order chi connectivity index (χ1) is 8.58. The lowest BCUT2D eigenvalue weighted by Crippen LogP contribution is -2.43. The van der Waals surface area contributed by atoms with Crippen molar-refractivity contribution in [3.05, 3.63) is 20.8 Å². The Morgan fingerprint density at radius 3 is 3.00 bits per heavy atom. The fraction of sp³-hybridized carbons (Fsp3) is 0.400. The Morgan fingerprint density at radius 2 is 2.39 bits per heavy atom. The van der Waals surface area contributed by atoms with Crippen molar-refractivity contribution in [3.8, 4) is 0 Å². The topological polar surface area (TPSA) is 69.6 Å². The summed E-state index contributed by atoms with van der Waals surface area (Å²) in [5.41, 5.74) is 0. The summed E-state index contributed by atoms with van der Waals surface area (Å²) in [6.07, 6.45) is -0.932. The lowest BCUT2D eigenvalue weighted by Gasteiger charge is -2.20. The van der Waals surface area contributed by atoms with E-state index < -0.39 is 6.09 Å². The molecule has 2 heterocycles. The molecule has 5 nitrogen and oxygen atoms in total. The van der Waals surface area contributed by atoms with E-state index in [-0.39, 0.29) is 11.9 Å². The van der Waals surface area contributed by atoms with Crippen LogP contribution in [0.1, 0.15) is 9.67 Å². The molecule has 0 bridgehead atoms. The Bertz CT molecular complexity index is 466. The summed E-state index contributed by atoms with van der Waals surface area (Å²) in [5.74, 6) is 1.04. The number of carboxylic acid groups (broad SMARTS) is 1. The molecule has 1 saturated heterocycles. The molecule has 0 spiro atoms. The van der Waals surface area contributed by atoms with Gasteiger partial charge in [0.25, 0.3) is 5.91 Å². The third-order valence-corrected chi connectivity index (χ3v) is 5.29. The summed E-state index contributed by atoms with van der Waals surface area (Å²) in [6.45, 7) is 0.355. The summed E-state index contributed by atoms with van der Waals surface area (Å²) in [6, 6.07) is 1.61. The van der Waals surface area contributed by atoms with E-state index in [2.05, 4.69) is 21.2 Å². The van der Waals surface area contributed by atoms with Gasteiger partial charge in [0.1, 0.15) is 0 Å². The van der Waals surface area contributed by atoms with Gasteiger partial charge in [-0.25, -0.2) is 4.79 Å². The van der Waals surface area contributed by atoms with Crippen molar-refractivity contribution in [1.29, 1.82) is 0 Å². The standard InChI is InChI=1S/C10H11BrN2O3S2/c11-6-1-8(18-3-6)9(14)12-2-7-4-17-5-13(7)10(15)16/h1,3,7H,2,4-5H2,(H,12,14)(H,15,16). The van der Waals surface area contributed by atoms with Crippen LogP contribution in [0.15, 0.2) is 15.9 Å². The fourth-order valence-electron chi connectivity index (χ4n) is 1.59. The van der Waals surface area contributed by atoms with Gasteiger partial charge >= 0.3 is 6.09 Å². The first-order valence-electron chi connectivity index (χ1n) is 5.17. The maximum Gasteiger partial charge on any atom is 0.408 e. The van der Waals surface area contributed by atoms with Crippen LogP contribution in [0.4, 0.5) is 4.79 Å². The molecular weight excluding hydrogens is 340 g/mol. The number of amides is 2. The van der Waals surface area contributed by atoms with Gasteiger partial charge in [0.2, 0.25) is 0 Å². The third kappa shape index (κ3) is 3.18. The fourth-order valence-corrected chi connectivity index (χ4v) is 4.13. The van der Waals surface area contributed by atoms with Crippen molar-refractivity contribution >= 4 is 51.0 Å². The van der Waals surface area contributed by atoms with E-state index in [1.54, 1.807) is 17.8 Å². The normalized spacial score (nSPS) is 18.9. The Morgan fingerprint density at radius 1 is 1.61 bits per heavy atom. The van der Waals surface area contributed by atoms with Crippen molar-refractivity contribution in [2.75, 3.05) is 18.2 Å².